The highest BCUT2D eigenvalue weighted by Gasteiger charge is 2.21. The number of aromatic nitrogens is 3. The Balaban J connectivity index is 1.92. The van der Waals surface area contributed by atoms with Crippen LogP contribution in [0.2, 0.25) is 0 Å². The summed E-state index contributed by atoms with van der Waals surface area (Å²) in [6.45, 7) is 4.37. The Morgan fingerprint density at radius 1 is 1.42 bits per heavy atom. The van der Waals surface area contributed by atoms with Gasteiger partial charge >= 0.3 is 0 Å². The number of piperidine rings is 1. The third kappa shape index (κ3) is 2.61. The summed E-state index contributed by atoms with van der Waals surface area (Å²) in [5.74, 6) is 1.97. The lowest BCUT2D eigenvalue weighted by atomic mass is 9.95. The van der Waals surface area contributed by atoms with E-state index in [1.165, 1.54) is 30.6 Å². The standard InChI is InChI=1S/C14H19BrN4/c1-11-7-13-16-10-17-19(13)14(8-11)18-6-2-3-12(9-18)4-5-15/h7-8,10,12H,2-6,9H2,1H3. The summed E-state index contributed by atoms with van der Waals surface area (Å²) in [7, 11) is 0. The Kier molecular flexibility index (Phi) is 3.73. The van der Waals surface area contributed by atoms with E-state index < -0.39 is 0 Å². The maximum absolute atomic E-state index is 4.36. The Morgan fingerprint density at radius 2 is 2.32 bits per heavy atom. The van der Waals surface area contributed by atoms with E-state index in [2.05, 4.69) is 50.0 Å². The second-order valence-electron chi connectivity index (χ2n) is 5.35. The van der Waals surface area contributed by atoms with E-state index in [1.54, 1.807) is 6.33 Å². The van der Waals surface area contributed by atoms with Gasteiger partial charge in [-0.2, -0.15) is 9.61 Å². The van der Waals surface area contributed by atoms with Gasteiger partial charge in [0.05, 0.1) is 0 Å². The molecule has 3 heterocycles. The van der Waals surface area contributed by atoms with Crippen molar-refractivity contribution in [3.63, 3.8) is 0 Å². The smallest absolute Gasteiger partial charge is 0.157 e. The summed E-state index contributed by atoms with van der Waals surface area (Å²) in [5.41, 5.74) is 2.19. The number of fused-ring (bicyclic) bond motifs is 1. The molecule has 1 fully saturated rings. The van der Waals surface area contributed by atoms with Crippen LogP contribution in [0.25, 0.3) is 5.65 Å². The maximum atomic E-state index is 4.36. The minimum atomic E-state index is 0.784. The number of nitrogens with zero attached hydrogens (tertiary/aromatic N) is 4. The number of hydrogen-bond donors (Lipinski definition) is 0. The summed E-state index contributed by atoms with van der Waals surface area (Å²) in [6.07, 6.45) is 5.50. The molecule has 0 radical (unpaired) electrons. The molecule has 3 rings (SSSR count). The third-order valence-corrected chi connectivity index (χ3v) is 4.32. The highest BCUT2D eigenvalue weighted by atomic mass is 79.9. The van der Waals surface area contributed by atoms with Gasteiger partial charge in [-0.25, -0.2) is 4.98 Å². The predicted molar refractivity (Wildman–Crippen MR) is 81.1 cm³/mol. The second-order valence-corrected chi connectivity index (χ2v) is 6.15. The summed E-state index contributed by atoms with van der Waals surface area (Å²) in [4.78, 5) is 6.77. The first kappa shape index (κ1) is 12.9. The van der Waals surface area contributed by atoms with Gasteiger partial charge in [-0.15, -0.1) is 0 Å². The van der Waals surface area contributed by atoms with Crippen LogP contribution in [0.3, 0.4) is 0 Å². The Bertz CT molecular complexity index is 564. The van der Waals surface area contributed by atoms with Crippen molar-refractivity contribution in [1.29, 1.82) is 0 Å². The van der Waals surface area contributed by atoms with Gasteiger partial charge in [0.15, 0.2) is 5.65 Å². The molecule has 2 aromatic heterocycles. The quantitative estimate of drug-likeness (QED) is 0.814. The number of anilines is 1. The van der Waals surface area contributed by atoms with Gasteiger partial charge in [0.25, 0.3) is 0 Å². The van der Waals surface area contributed by atoms with Crippen molar-refractivity contribution in [2.24, 2.45) is 5.92 Å². The molecule has 4 nitrogen and oxygen atoms in total. The van der Waals surface area contributed by atoms with Crippen LogP contribution in [0.5, 0.6) is 0 Å². The molecule has 2 aromatic rings. The summed E-state index contributed by atoms with van der Waals surface area (Å²) in [6, 6.07) is 4.30. The summed E-state index contributed by atoms with van der Waals surface area (Å²) < 4.78 is 1.96. The monoisotopic (exact) mass is 322 g/mol. The van der Waals surface area contributed by atoms with Gasteiger partial charge in [-0.3, -0.25) is 0 Å². The fourth-order valence-electron chi connectivity index (χ4n) is 2.92. The van der Waals surface area contributed by atoms with Gasteiger partial charge in [0.1, 0.15) is 12.1 Å². The van der Waals surface area contributed by atoms with Gasteiger partial charge in [-0.05, 0) is 49.8 Å². The molecule has 1 aliphatic rings. The number of hydrogen-bond acceptors (Lipinski definition) is 3. The number of rotatable bonds is 3. The van der Waals surface area contributed by atoms with Crippen molar-refractivity contribution in [2.45, 2.75) is 26.2 Å². The lowest BCUT2D eigenvalue weighted by molar-refractivity contribution is 0.404. The van der Waals surface area contributed by atoms with Crippen LogP contribution in [-0.4, -0.2) is 33.0 Å². The SMILES string of the molecule is Cc1cc(N2CCCC(CCBr)C2)n2ncnc2c1. The first-order chi connectivity index (χ1) is 9.28. The molecule has 102 valence electrons. The molecule has 1 atom stereocenters. The average molecular weight is 323 g/mol. The molecule has 0 N–H and O–H groups in total. The van der Waals surface area contributed by atoms with Crippen LogP contribution >= 0.6 is 15.9 Å². The van der Waals surface area contributed by atoms with Crippen molar-refractivity contribution in [1.82, 2.24) is 14.6 Å². The van der Waals surface area contributed by atoms with E-state index in [4.69, 9.17) is 0 Å². The Morgan fingerprint density at radius 3 is 3.16 bits per heavy atom. The van der Waals surface area contributed by atoms with E-state index in [-0.39, 0.29) is 0 Å². The fraction of sp³-hybridized carbons (Fsp3) is 0.571. The zero-order valence-corrected chi connectivity index (χ0v) is 12.8. The molecule has 0 bridgehead atoms. The first-order valence-electron chi connectivity index (χ1n) is 6.89. The largest absolute Gasteiger partial charge is 0.356 e. The van der Waals surface area contributed by atoms with Crippen LogP contribution in [0.15, 0.2) is 18.5 Å². The van der Waals surface area contributed by atoms with Gasteiger partial charge in [0, 0.05) is 18.4 Å². The Hall–Kier alpha value is -1.10. The number of alkyl halides is 1. The number of aryl methyl sites for hydroxylation is 1. The summed E-state index contributed by atoms with van der Waals surface area (Å²) >= 11 is 3.56. The highest BCUT2D eigenvalue weighted by molar-refractivity contribution is 9.09. The fourth-order valence-corrected chi connectivity index (χ4v) is 3.57. The third-order valence-electron chi connectivity index (χ3n) is 3.87. The molecule has 5 heteroatoms. The van der Waals surface area contributed by atoms with Crippen LogP contribution in [0.4, 0.5) is 5.82 Å². The molecule has 0 saturated carbocycles. The van der Waals surface area contributed by atoms with Crippen molar-refractivity contribution < 1.29 is 0 Å². The van der Waals surface area contributed by atoms with Crippen molar-refractivity contribution >= 4 is 27.4 Å². The van der Waals surface area contributed by atoms with E-state index in [9.17, 15) is 0 Å². The molecular formula is C14H19BrN4. The van der Waals surface area contributed by atoms with Crippen molar-refractivity contribution in [2.75, 3.05) is 23.3 Å². The van der Waals surface area contributed by atoms with E-state index in [1.807, 2.05) is 4.52 Å². The minimum Gasteiger partial charge on any atom is -0.356 e. The van der Waals surface area contributed by atoms with Gasteiger partial charge in [0.2, 0.25) is 0 Å². The topological polar surface area (TPSA) is 33.4 Å². The molecule has 0 aliphatic carbocycles. The minimum absolute atomic E-state index is 0.784. The molecule has 0 spiro atoms. The lowest BCUT2D eigenvalue weighted by Gasteiger charge is -2.34. The molecular weight excluding hydrogens is 304 g/mol. The highest BCUT2D eigenvalue weighted by Crippen LogP contribution is 2.26. The van der Waals surface area contributed by atoms with Crippen molar-refractivity contribution in [3.05, 3.63) is 24.0 Å². The predicted octanol–water partition coefficient (Wildman–Crippen LogP) is 3.04. The summed E-state index contributed by atoms with van der Waals surface area (Å²) in [5, 5.41) is 5.46. The number of pyridine rings is 1. The average Bonchev–Trinajstić information content (AvgIpc) is 2.86. The lowest BCUT2D eigenvalue weighted by Crippen LogP contribution is -2.36. The maximum Gasteiger partial charge on any atom is 0.157 e. The van der Waals surface area contributed by atoms with Crippen LogP contribution in [0.1, 0.15) is 24.8 Å². The Labute approximate surface area is 121 Å². The number of halogens is 1. The molecule has 0 aromatic carbocycles. The van der Waals surface area contributed by atoms with Crippen LogP contribution < -0.4 is 4.90 Å². The molecule has 1 aliphatic heterocycles. The van der Waals surface area contributed by atoms with Crippen molar-refractivity contribution in [3.8, 4) is 0 Å². The van der Waals surface area contributed by atoms with Gasteiger partial charge in [-0.1, -0.05) is 15.9 Å². The molecule has 19 heavy (non-hydrogen) atoms. The molecule has 1 unspecified atom stereocenters. The van der Waals surface area contributed by atoms with Crippen LogP contribution in [0, 0.1) is 12.8 Å². The molecule has 0 amide bonds. The molecule has 1 saturated heterocycles. The van der Waals surface area contributed by atoms with E-state index in [0.717, 1.165) is 30.0 Å². The normalized spacial score (nSPS) is 20.1. The van der Waals surface area contributed by atoms with E-state index in [0.29, 0.717) is 0 Å². The van der Waals surface area contributed by atoms with Gasteiger partial charge < -0.3 is 4.90 Å². The van der Waals surface area contributed by atoms with Crippen LogP contribution in [-0.2, 0) is 0 Å². The zero-order valence-electron chi connectivity index (χ0n) is 11.2. The first-order valence-corrected chi connectivity index (χ1v) is 8.01. The zero-order chi connectivity index (χ0) is 13.2. The second kappa shape index (κ2) is 5.49. The van der Waals surface area contributed by atoms with E-state index >= 15 is 0 Å².